The van der Waals surface area contributed by atoms with Gasteiger partial charge < -0.3 is 10.2 Å². The number of aliphatic imine (C=N–C) groups is 1. The molecule has 3 rings (SSSR count). The summed E-state index contributed by atoms with van der Waals surface area (Å²) in [5.41, 5.74) is 2.29. The van der Waals surface area contributed by atoms with E-state index in [1.165, 1.54) is 16.8 Å². The van der Waals surface area contributed by atoms with Crippen LogP contribution in [-0.2, 0) is 6.54 Å². The van der Waals surface area contributed by atoms with Gasteiger partial charge in [0.1, 0.15) is 17.4 Å². The van der Waals surface area contributed by atoms with Crippen molar-refractivity contribution in [1.29, 1.82) is 5.26 Å². The second kappa shape index (κ2) is 7.80. The van der Waals surface area contributed by atoms with Gasteiger partial charge in [0.05, 0.1) is 17.8 Å². The Morgan fingerprint density at radius 3 is 2.50 bits per heavy atom. The van der Waals surface area contributed by atoms with Crippen LogP contribution < -0.4 is 5.56 Å². The fourth-order valence-corrected chi connectivity index (χ4v) is 2.96. The van der Waals surface area contributed by atoms with Gasteiger partial charge in [-0.1, -0.05) is 30.3 Å². The van der Waals surface area contributed by atoms with Crippen LogP contribution in [0.5, 0.6) is 11.6 Å². The molecule has 0 atom stereocenters. The van der Waals surface area contributed by atoms with Gasteiger partial charge in [-0.3, -0.25) is 14.4 Å². The Morgan fingerprint density at radius 2 is 1.86 bits per heavy atom. The molecule has 140 valence electrons. The molecule has 0 saturated heterocycles. The molecule has 0 bridgehead atoms. The highest BCUT2D eigenvalue weighted by Crippen LogP contribution is 2.25. The number of hydrogen-bond donors (Lipinski definition) is 2. The number of nitriles is 1. The molecule has 0 fully saturated rings. The monoisotopic (exact) mass is 373 g/mol. The van der Waals surface area contributed by atoms with E-state index < -0.39 is 5.56 Å². The zero-order valence-corrected chi connectivity index (χ0v) is 15.5. The molecule has 2 N–H and O–H groups in total. The molecule has 1 heterocycles. The smallest absolute Gasteiger partial charge is 0.271 e. The van der Waals surface area contributed by atoms with E-state index in [4.69, 9.17) is 0 Å². The number of pyridine rings is 1. The van der Waals surface area contributed by atoms with Crippen molar-refractivity contribution in [3.05, 3.63) is 86.7 Å². The number of phenolic OH excluding ortho intramolecular Hbond substituents is 1. The SMILES string of the molecule is Cc1cc(O)ccc1N=Cc1c(C)c(C#N)c(=O)n(Cc2ccccc2)c1O. The third-order valence-electron chi connectivity index (χ3n) is 4.54. The first-order chi connectivity index (χ1) is 13.4. The topological polar surface area (TPSA) is 98.6 Å². The van der Waals surface area contributed by atoms with Crippen molar-refractivity contribution in [3.8, 4) is 17.7 Å². The average Bonchev–Trinajstić information content (AvgIpc) is 2.68. The van der Waals surface area contributed by atoms with Crippen molar-refractivity contribution < 1.29 is 10.2 Å². The van der Waals surface area contributed by atoms with Gasteiger partial charge >= 0.3 is 0 Å². The molecule has 28 heavy (non-hydrogen) atoms. The van der Waals surface area contributed by atoms with Crippen LogP contribution in [0.15, 0.2) is 58.3 Å². The average molecular weight is 373 g/mol. The number of aryl methyl sites for hydroxylation is 1. The van der Waals surface area contributed by atoms with Gasteiger partial charge in [-0.05, 0) is 48.7 Å². The number of phenols is 1. The predicted octanol–water partition coefficient (Wildman–Crippen LogP) is 3.55. The maximum atomic E-state index is 12.7. The van der Waals surface area contributed by atoms with Crippen LogP contribution in [0.4, 0.5) is 5.69 Å². The van der Waals surface area contributed by atoms with E-state index in [-0.39, 0.29) is 23.7 Å². The summed E-state index contributed by atoms with van der Waals surface area (Å²) in [6, 6.07) is 15.9. The molecular weight excluding hydrogens is 354 g/mol. The molecule has 0 amide bonds. The Bertz CT molecular complexity index is 1160. The minimum atomic E-state index is -0.542. The molecule has 0 aliphatic carbocycles. The van der Waals surface area contributed by atoms with Gasteiger partial charge in [-0.2, -0.15) is 5.26 Å². The highest BCUT2D eigenvalue weighted by Gasteiger charge is 2.18. The lowest BCUT2D eigenvalue weighted by molar-refractivity contribution is 0.413. The third kappa shape index (κ3) is 3.64. The zero-order valence-electron chi connectivity index (χ0n) is 15.5. The summed E-state index contributed by atoms with van der Waals surface area (Å²) < 4.78 is 1.17. The summed E-state index contributed by atoms with van der Waals surface area (Å²) in [5.74, 6) is -0.107. The van der Waals surface area contributed by atoms with Gasteiger partial charge in [-0.15, -0.1) is 0 Å². The second-order valence-electron chi connectivity index (χ2n) is 6.45. The van der Waals surface area contributed by atoms with Gasteiger partial charge in [-0.25, -0.2) is 0 Å². The maximum absolute atomic E-state index is 12.7. The predicted molar refractivity (Wildman–Crippen MR) is 107 cm³/mol. The molecule has 6 nitrogen and oxygen atoms in total. The molecular formula is C22H19N3O3. The number of aromatic nitrogens is 1. The van der Waals surface area contributed by atoms with E-state index >= 15 is 0 Å². The summed E-state index contributed by atoms with van der Waals surface area (Å²) in [6.45, 7) is 3.55. The molecule has 0 aliphatic heterocycles. The first kappa shape index (κ1) is 18.9. The quantitative estimate of drug-likeness (QED) is 0.683. The number of rotatable bonds is 4. The Morgan fingerprint density at radius 1 is 1.14 bits per heavy atom. The van der Waals surface area contributed by atoms with Crippen LogP contribution in [0, 0.1) is 25.2 Å². The van der Waals surface area contributed by atoms with Crippen LogP contribution in [0.1, 0.15) is 27.8 Å². The third-order valence-corrected chi connectivity index (χ3v) is 4.54. The molecule has 0 unspecified atom stereocenters. The van der Waals surface area contributed by atoms with Gasteiger partial charge in [0, 0.05) is 6.21 Å². The van der Waals surface area contributed by atoms with Crippen molar-refractivity contribution in [1.82, 2.24) is 4.57 Å². The second-order valence-corrected chi connectivity index (χ2v) is 6.45. The summed E-state index contributed by atoms with van der Waals surface area (Å²) in [7, 11) is 0. The zero-order chi connectivity index (χ0) is 20.3. The van der Waals surface area contributed by atoms with Gasteiger partial charge in [0.2, 0.25) is 5.88 Å². The highest BCUT2D eigenvalue weighted by atomic mass is 16.3. The Kier molecular flexibility index (Phi) is 5.28. The molecule has 2 aromatic carbocycles. The van der Waals surface area contributed by atoms with Crippen LogP contribution in [-0.4, -0.2) is 21.0 Å². The molecule has 6 heteroatoms. The van der Waals surface area contributed by atoms with E-state index in [9.17, 15) is 20.3 Å². The summed E-state index contributed by atoms with van der Waals surface area (Å²) >= 11 is 0. The number of nitrogens with zero attached hydrogens (tertiary/aromatic N) is 3. The minimum Gasteiger partial charge on any atom is -0.508 e. The fraction of sp³-hybridized carbons (Fsp3) is 0.136. The lowest BCUT2D eigenvalue weighted by Crippen LogP contribution is -2.25. The van der Waals surface area contributed by atoms with E-state index in [1.807, 2.05) is 36.4 Å². The van der Waals surface area contributed by atoms with Crippen LogP contribution in [0.2, 0.25) is 0 Å². The van der Waals surface area contributed by atoms with Gasteiger partial charge in [0.25, 0.3) is 5.56 Å². The Balaban J connectivity index is 2.13. The molecule has 3 aromatic rings. The lowest BCUT2D eigenvalue weighted by atomic mass is 10.1. The highest BCUT2D eigenvalue weighted by molar-refractivity contribution is 5.87. The van der Waals surface area contributed by atoms with Crippen LogP contribution in [0.25, 0.3) is 0 Å². The largest absolute Gasteiger partial charge is 0.508 e. The van der Waals surface area contributed by atoms with E-state index in [0.717, 1.165) is 11.1 Å². The minimum absolute atomic E-state index is 0.0300. The molecule has 1 aromatic heterocycles. The number of benzene rings is 2. The summed E-state index contributed by atoms with van der Waals surface area (Å²) in [4.78, 5) is 17.0. The van der Waals surface area contributed by atoms with Gasteiger partial charge in [0.15, 0.2) is 0 Å². The maximum Gasteiger partial charge on any atom is 0.271 e. The van der Waals surface area contributed by atoms with Crippen molar-refractivity contribution in [2.75, 3.05) is 0 Å². The fourth-order valence-electron chi connectivity index (χ4n) is 2.96. The Hall–Kier alpha value is -3.85. The first-order valence-corrected chi connectivity index (χ1v) is 8.66. The lowest BCUT2D eigenvalue weighted by Gasteiger charge is -2.14. The van der Waals surface area contributed by atoms with Crippen LogP contribution in [0.3, 0.4) is 0 Å². The van der Waals surface area contributed by atoms with Crippen molar-refractivity contribution in [2.45, 2.75) is 20.4 Å². The molecule has 0 aliphatic rings. The van der Waals surface area contributed by atoms with Crippen LogP contribution >= 0.6 is 0 Å². The molecule has 0 saturated carbocycles. The number of hydrogen-bond acceptors (Lipinski definition) is 5. The van der Waals surface area contributed by atoms with E-state index in [0.29, 0.717) is 16.8 Å². The summed E-state index contributed by atoms with van der Waals surface area (Å²) in [5, 5.41) is 29.7. The summed E-state index contributed by atoms with van der Waals surface area (Å²) in [6.07, 6.45) is 1.44. The van der Waals surface area contributed by atoms with E-state index in [2.05, 4.69) is 4.99 Å². The number of aromatic hydroxyl groups is 2. The molecule has 0 radical (unpaired) electrons. The normalized spacial score (nSPS) is 10.9. The van der Waals surface area contributed by atoms with Crippen molar-refractivity contribution >= 4 is 11.9 Å². The first-order valence-electron chi connectivity index (χ1n) is 8.66. The Labute approximate surface area is 162 Å². The van der Waals surface area contributed by atoms with Crippen molar-refractivity contribution in [3.63, 3.8) is 0 Å². The van der Waals surface area contributed by atoms with Crippen molar-refractivity contribution in [2.24, 2.45) is 4.99 Å². The van der Waals surface area contributed by atoms with E-state index in [1.54, 1.807) is 26.0 Å². The standard InChI is InChI=1S/C22H19N3O3/c1-14-10-17(26)8-9-20(14)24-12-19-15(2)18(11-23)21(27)25(22(19)28)13-16-6-4-3-5-7-16/h3-10,12,26,28H,13H2,1-2H3. The molecule has 0 spiro atoms.